The Morgan fingerprint density at radius 2 is 2.15 bits per heavy atom. The second-order valence-electron chi connectivity index (χ2n) is 6.80. The minimum atomic E-state index is -0.880. The molecule has 1 aliphatic heterocycles. The molecule has 0 bridgehead atoms. The van der Waals surface area contributed by atoms with Crippen molar-refractivity contribution in [1.29, 1.82) is 0 Å². The molecular formula is C18H23FN4O4. The van der Waals surface area contributed by atoms with Crippen LogP contribution in [0.15, 0.2) is 18.2 Å². The lowest BCUT2D eigenvalue weighted by Crippen LogP contribution is -2.54. The van der Waals surface area contributed by atoms with Crippen LogP contribution in [0.4, 0.5) is 14.9 Å². The predicted molar refractivity (Wildman–Crippen MR) is 96.3 cm³/mol. The summed E-state index contributed by atoms with van der Waals surface area (Å²) >= 11 is 0. The number of nitrogens with zero attached hydrogens (tertiary/aromatic N) is 2. The topological polar surface area (TPSA) is 102 Å². The number of carboxylic acid groups (broad SMARTS) is 1. The Bertz CT molecular complexity index is 751. The highest BCUT2D eigenvalue weighted by Gasteiger charge is 2.35. The second kappa shape index (κ2) is 7.91. The molecule has 3 amide bonds. The molecule has 3 N–H and O–H groups in total. The number of nitrogens with one attached hydrogen (secondary N) is 2. The Balaban J connectivity index is 1.60. The smallest absolute Gasteiger partial charge is 0.321 e. The summed E-state index contributed by atoms with van der Waals surface area (Å²) in [4.78, 5) is 38.4. The molecule has 0 atom stereocenters. The van der Waals surface area contributed by atoms with E-state index in [-0.39, 0.29) is 30.2 Å². The van der Waals surface area contributed by atoms with Gasteiger partial charge in [-0.25, -0.2) is 9.18 Å². The Kier molecular flexibility index (Phi) is 5.59. The van der Waals surface area contributed by atoms with E-state index in [0.717, 1.165) is 0 Å². The summed E-state index contributed by atoms with van der Waals surface area (Å²) in [6.45, 7) is 3.45. The molecule has 2 aliphatic rings. The molecule has 1 aromatic rings. The first-order valence-electron chi connectivity index (χ1n) is 9.00. The third-order valence-corrected chi connectivity index (χ3v) is 5.07. The van der Waals surface area contributed by atoms with Gasteiger partial charge in [0.1, 0.15) is 5.82 Å². The number of hydrogen-bond donors (Lipinski definition) is 3. The van der Waals surface area contributed by atoms with Crippen molar-refractivity contribution in [3.63, 3.8) is 0 Å². The number of carbonyl (C=O) groups excluding carboxylic acids is 2. The highest BCUT2D eigenvalue weighted by Crippen LogP contribution is 2.27. The minimum absolute atomic E-state index is 0.0313. The van der Waals surface area contributed by atoms with Crippen molar-refractivity contribution in [2.45, 2.75) is 31.8 Å². The Morgan fingerprint density at radius 3 is 2.74 bits per heavy atom. The van der Waals surface area contributed by atoms with Crippen molar-refractivity contribution in [2.75, 3.05) is 31.1 Å². The van der Waals surface area contributed by atoms with Crippen molar-refractivity contribution in [3.05, 3.63) is 29.6 Å². The number of carboxylic acids is 1. The van der Waals surface area contributed by atoms with E-state index in [1.54, 1.807) is 0 Å². The van der Waals surface area contributed by atoms with E-state index in [1.165, 1.54) is 23.1 Å². The molecule has 8 nitrogen and oxygen atoms in total. The quantitative estimate of drug-likeness (QED) is 0.658. The average Bonchev–Trinajstić information content (AvgIpc) is 3.02. The van der Waals surface area contributed by atoms with Crippen LogP contribution in [0.5, 0.6) is 0 Å². The van der Waals surface area contributed by atoms with Crippen molar-refractivity contribution in [1.82, 2.24) is 15.5 Å². The fourth-order valence-corrected chi connectivity index (χ4v) is 3.51. The lowest BCUT2D eigenvalue weighted by Gasteiger charge is -2.42. The monoisotopic (exact) mass is 378 g/mol. The number of halogens is 1. The predicted octanol–water partition coefficient (Wildman–Crippen LogP) is 1.02. The van der Waals surface area contributed by atoms with Gasteiger partial charge in [-0.1, -0.05) is 6.92 Å². The molecule has 0 spiro atoms. The molecule has 0 unspecified atom stereocenters. The van der Waals surface area contributed by atoms with Crippen LogP contribution in [-0.2, 0) is 4.79 Å². The fourth-order valence-electron chi connectivity index (χ4n) is 3.51. The first-order valence-corrected chi connectivity index (χ1v) is 9.00. The third-order valence-electron chi connectivity index (χ3n) is 5.07. The van der Waals surface area contributed by atoms with Crippen LogP contribution in [-0.4, -0.2) is 66.2 Å². The van der Waals surface area contributed by atoms with E-state index in [2.05, 4.69) is 10.6 Å². The summed E-state index contributed by atoms with van der Waals surface area (Å²) in [6, 6.07) is 3.75. The molecule has 3 rings (SSSR count). The number of anilines is 1. The summed E-state index contributed by atoms with van der Waals surface area (Å²) in [6.07, 6.45) is 1.26. The van der Waals surface area contributed by atoms with E-state index < -0.39 is 17.7 Å². The fraction of sp³-hybridized carbons (Fsp3) is 0.500. The lowest BCUT2D eigenvalue weighted by molar-refractivity contribution is -0.139. The van der Waals surface area contributed by atoms with Crippen LogP contribution in [0.25, 0.3) is 0 Å². The number of carbonyl (C=O) groups is 3. The normalized spacial score (nSPS) is 21.7. The number of hydrogen-bond acceptors (Lipinski definition) is 4. The number of amides is 3. The van der Waals surface area contributed by atoms with E-state index >= 15 is 0 Å². The summed E-state index contributed by atoms with van der Waals surface area (Å²) in [7, 11) is 0. The number of benzene rings is 1. The molecule has 1 saturated heterocycles. The van der Waals surface area contributed by atoms with Crippen molar-refractivity contribution < 1.29 is 23.9 Å². The zero-order valence-corrected chi connectivity index (χ0v) is 15.1. The highest BCUT2D eigenvalue weighted by molar-refractivity contribution is 5.98. The van der Waals surface area contributed by atoms with Crippen LogP contribution in [0.2, 0.25) is 0 Å². The second-order valence-corrected chi connectivity index (χ2v) is 6.80. The summed E-state index contributed by atoms with van der Waals surface area (Å²) in [5, 5.41) is 14.4. The molecule has 27 heavy (non-hydrogen) atoms. The van der Waals surface area contributed by atoms with Gasteiger partial charge in [0.05, 0.1) is 12.1 Å². The third kappa shape index (κ3) is 4.19. The van der Waals surface area contributed by atoms with Gasteiger partial charge in [0.2, 0.25) is 0 Å². The molecule has 1 heterocycles. The molecule has 0 radical (unpaired) electrons. The van der Waals surface area contributed by atoms with Gasteiger partial charge >= 0.3 is 12.0 Å². The van der Waals surface area contributed by atoms with Crippen LogP contribution in [0.1, 0.15) is 30.1 Å². The van der Waals surface area contributed by atoms with Gasteiger partial charge in [-0.3, -0.25) is 19.4 Å². The molecule has 9 heteroatoms. The number of urea groups is 1. The number of likely N-dealkylation sites (N-methyl/N-ethyl adjacent to an activating group) is 1. The zero-order chi connectivity index (χ0) is 19.6. The van der Waals surface area contributed by atoms with Gasteiger partial charge in [-0.15, -0.1) is 0 Å². The van der Waals surface area contributed by atoms with E-state index in [1.807, 2.05) is 11.8 Å². The van der Waals surface area contributed by atoms with Crippen LogP contribution in [0.3, 0.4) is 0 Å². The van der Waals surface area contributed by atoms with Crippen molar-refractivity contribution >= 4 is 23.6 Å². The molecule has 2 fully saturated rings. The Morgan fingerprint density at radius 1 is 1.41 bits per heavy atom. The van der Waals surface area contributed by atoms with Crippen LogP contribution >= 0.6 is 0 Å². The van der Waals surface area contributed by atoms with Crippen LogP contribution in [0, 0.1) is 5.82 Å². The van der Waals surface area contributed by atoms with Gasteiger partial charge in [0, 0.05) is 30.9 Å². The SMILES string of the molecule is CCN(CC(=O)O)C1CC(NC(=O)c2cc(N3CCNC3=O)ccc2F)C1. The molecule has 0 aromatic heterocycles. The van der Waals surface area contributed by atoms with E-state index in [9.17, 15) is 18.8 Å². The Labute approximate surface area is 156 Å². The zero-order valence-electron chi connectivity index (χ0n) is 15.1. The first-order chi connectivity index (χ1) is 12.9. The average molecular weight is 378 g/mol. The van der Waals surface area contributed by atoms with E-state index in [4.69, 9.17) is 5.11 Å². The molecule has 1 aliphatic carbocycles. The first kappa shape index (κ1) is 19.1. The maximum Gasteiger partial charge on any atom is 0.321 e. The largest absolute Gasteiger partial charge is 0.480 e. The van der Waals surface area contributed by atoms with E-state index in [0.29, 0.717) is 38.2 Å². The van der Waals surface area contributed by atoms with Gasteiger partial charge in [-0.05, 0) is 37.6 Å². The van der Waals surface area contributed by atoms with Crippen molar-refractivity contribution in [3.8, 4) is 0 Å². The van der Waals surface area contributed by atoms with Crippen molar-refractivity contribution in [2.24, 2.45) is 0 Å². The lowest BCUT2D eigenvalue weighted by atomic mass is 9.85. The maximum absolute atomic E-state index is 14.1. The number of rotatable bonds is 7. The molecule has 1 aromatic carbocycles. The minimum Gasteiger partial charge on any atom is -0.480 e. The van der Waals surface area contributed by atoms with Gasteiger partial charge < -0.3 is 15.7 Å². The summed E-state index contributed by atoms with van der Waals surface area (Å²) in [5.74, 6) is -2.05. The van der Waals surface area contributed by atoms with Crippen LogP contribution < -0.4 is 15.5 Å². The summed E-state index contributed by atoms with van der Waals surface area (Å²) < 4.78 is 14.1. The van der Waals surface area contributed by atoms with Gasteiger partial charge in [-0.2, -0.15) is 0 Å². The number of aliphatic carboxylic acids is 1. The standard InChI is InChI=1S/C18H23FN4O4/c1-2-22(10-16(24)25)13-7-11(8-13)21-17(26)14-9-12(3-4-15(14)19)23-6-5-20-18(23)27/h3-4,9,11,13H,2,5-8,10H2,1H3,(H,20,27)(H,21,26)(H,24,25). The maximum atomic E-state index is 14.1. The van der Waals surface area contributed by atoms with Gasteiger partial charge in [0.15, 0.2) is 0 Å². The molecular weight excluding hydrogens is 355 g/mol. The Hall–Kier alpha value is -2.68. The molecule has 146 valence electrons. The molecule has 1 saturated carbocycles. The highest BCUT2D eigenvalue weighted by atomic mass is 19.1. The summed E-state index contributed by atoms with van der Waals surface area (Å²) in [5.41, 5.74) is 0.371. The van der Waals surface area contributed by atoms with Gasteiger partial charge in [0.25, 0.3) is 5.91 Å².